The Hall–Kier alpha value is -2.80. The van der Waals surface area contributed by atoms with Gasteiger partial charge in [-0.1, -0.05) is 18.2 Å². The van der Waals surface area contributed by atoms with Crippen LogP contribution in [0, 0.1) is 0 Å². The van der Waals surface area contributed by atoms with Crippen molar-refractivity contribution in [3.05, 3.63) is 66.8 Å². The van der Waals surface area contributed by atoms with Crippen LogP contribution >= 0.6 is 12.4 Å². The highest BCUT2D eigenvalue weighted by molar-refractivity contribution is 5.97. The van der Waals surface area contributed by atoms with Crippen LogP contribution in [0.3, 0.4) is 0 Å². The summed E-state index contributed by atoms with van der Waals surface area (Å²) in [4.78, 5) is 12.5. The number of allylic oxidation sites excluding steroid dienone is 2. The third kappa shape index (κ3) is 7.14. The average molecular weight is 447 g/mol. The van der Waals surface area contributed by atoms with Crippen molar-refractivity contribution in [2.24, 2.45) is 5.73 Å². The van der Waals surface area contributed by atoms with E-state index in [1.54, 1.807) is 36.4 Å². The Bertz CT molecular complexity index is 915. The Morgan fingerprint density at radius 1 is 1.10 bits per heavy atom. The fourth-order valence-corrected chi connectivity index (χ4v) is 3.20. The molecular formula is C24H31ClN2O4. The van der Waals surface area contributed by atoms with Gasteiger partial charge in [0.15, 0.2) is 0 Å². The molecule has 168 valence electrons. The third-order valence-corrected chi connectivity index (χ3v) is 4.82. The standard InChI is InChI=1S/C24H30N2O4.ClH/c1-3-7-16-13-19(17-10-11-22(28)18(15-17)8-4-2)23(29)21(14-16)26-24(30)20(25)9-5-6-12-27;/h3-4,10-11,13-15,20,27-29H,1-2,5-9,12,25H2,(H,26,30);1H/t20-;/m0./s1. The smallest absolute Gasteiger partial charge is 0.241 e. The van der Waals surface area contributed by atoms with E-state index in [2.05, 4.69) is 18.5 Å². The lowest BCUT2D eigenvalue weighted by Gasteiger charge is -2.17. The van der Waals surface area contributed by atoms with Crippen LogP contribution in [0.1, 0.15) is 30.4 Å². The van der Waals surface area contributed by atoms with E-state index in [4.69, 9.17) is 10.8 Å². The van der Waals surface area contributed by atoms with Crippen molar-refractivity contribution >= 4 is 24.0 Å². The van der Waals surface area contributed by atoms with Crippen LogP contribution in [0.5, 0.6) is 11.5 Å². The number of hydrogen-bond donors (Lipinski definition) is 5. The average Bonchev–Trinajstić information content (AvgIpc) is 2.72. The zero-order valence-electron chi connectivity index (χ0n) is 17.5. The van der Waals surface area contributed by atoms with E-state index in [9.17, 15) is 15.0 Å². The Morgan fingerprint density at radius 3 is 2.45 bits per heavy atom. The molecule has 0 unspecified atom stereocenters. The first-order valence-corrected chi connectivity index (χ1v) is 9.98. The molecule has 0 saturated carbocycles. The number of unbranched alkanes of at least 4 members (excludes halogenated alkanes) is 1. The Balaban J connectivity index is 0.00000480. The largest absolute Gasteiger partial charge is 0.508 e. The Labute approximate surface area is 189 Å². The molecule has 0 radical (unpaired) electrons. The molecule has 7 heteroatoms. The number of anilines is 1. The van der Waals surface area contributed by atoms with E-state index in [-0.39, 0.29) is 36.2 Å². The summed E-state index contributed by atoms with van der Waals surface area (Å²) in [5.41, 5.74) is 9.00. The maximum absolute atomic E-state index is 12.5. The number of amides is 1. The van der Waals surface area contributed by atoms with Crippen LogP contribution < -0.4 is 11.1 Å². The normalized spacial score (nSPS) is 11.3. The molecule has 0 aliphatic rings. The van der Waals surface area contributed by atoms with Gasteiger partial charge in [0.1, 0.15) is 11.5 Å². The maximum atomic E-state index is 12.5. The van der Waals surface area contributed by atoms with Gasteiger partial charge in [-0.05, 0) is 73.1 Å². The predicted octanol–water partition coefficient (Wildman–Crippen LogP) is 4.07. The molecule has 0 aliphatic heterocycles. The molecule has 6 nitrogen and oxygen atoms in total. The number of phenols is 2. The predicted molar refractivity (Wildman–Crippen MR) is 128 cm³/mol. The number of hydrogen-bond acceptors (Lipinski definition) is 5. The number of carbonyl (C=O) groups is 1. The second-order valence-corrected chi connectivity index (χ2v) is 7.18. The summed E-state index contributed by atoms with van der Waals surface area (Å²) in [6.07, 6.45) is 6.13. The highest BCUT2D eigenvalue weighted by Crippen LogP contribution is 2.38. The second-order valence-electron chi connectivity index (χ2n) is 7.18. The van der Waals surface area contributed by atoms with Gasteiger partial charge >= 0.3 is 0 Å². The molecule has 0 saturated heterocycles. The van der Waals surface area contributed by atoms with Gasteiger partial charge in [0.25, 0.3) is 0 Å². The van der Waals surface area contributed by atoms with Gasteiger partial charge in [-0.25, -0.2) is 0 Å². The molecule has 1 amide bonds. The molecule has 2 aromatic carbocycles. The maximum Gasteiger partial charge on any atom is 0.241 e. The number of halogens is 1. The van der Waals surface area contributed by atoms with Crippen LogP contribution in [0.4, 0.5) is 5.69 Å². The van der Waals surface area contributed by atoms with Crippen molar-refractivity contribution in [3.8, 4) is 22.6 Å². The molecule has 2 rings (SSSR count). The third-order valence-electron chi connectivity index (χ3n) is 4.82. The highest BCUT2D eigenvalue weighted by atomic mass is 35.5. The molecule has 0 spiro atoms. The number of aliphatic hydroxyl groups excluding tert-OH is 1. The molecule has 1 atom stereocenters. The molecule has 0 heterocycles. The monoisotopic (exact) mass is 446 g/mol. The number of rotatable bonds is 11. The molecule has 2 aromatic rings. The summed E-state index contributed by atoms with van der Waals surface area (Å²) in [6, 6.07) is 7.86. The fraction of sp³-hybridized carbons (Fsp3) is 0.292. The molecule has 0 aliphatic carbocycles. The zero-order valence-corrected chi connectivity index (χ0v) is 18.3. The van der Waals surface area contributed by atoms with Gasteiger partial charge < -0.3 is 26.4 Å². The van der Waals surface area contributed by atoms with E-state index in [0.717, 1.165) is 5.56 Å². The summed E-state index contributed by atoms with van der Waals surface area (Å²) in [5, 5.41) is 32.5. The topological polar surface area (TPSA) is 116 Å². The first-order valence-electron chi connectivity index (χ1n) is 9.98. The zero-order chi connectivity index (χ0) is 22.1. The van der Waals surface area contributed by atoms with Gasteiger partial charge in [0.2, 0.25) is 5.91 Å². The summed E-state index contributed by atoms with van der Waals surface area (Å²) < 4.78 is 0. The van der Waals surface area contributed by atoms with Crippen molar-refractivity contribution in [1.29, 1.82) is 0 Å². The number of benzene rings is 2. The van der Waals surface area contributed by atoms with Crippen LogP contribution in [0.15, 0.2) is 55.6 Å². The van der Waals surface area contributed by atoms with Gasteiger partial charge in [0, 0.05) is 12.2 Å². The van der Waals surface area contributed by atoms with Gasteiger partial charge in [-0.15, -0.1) is 25.6 Å². The lowest BCUT2D eigenvalue weighted by Crippen LogP contribution is -2.35. The number of carbonyl (C=O) groups excluding carboxylic acids is 1. The summed E-state index contributed by atoms with van der Waals surface area (Å²) in [6.45, 7) is 7.52. The molecule has 0 fully saturated rings. The van der Waals surface area contributed by atoms with E-state index >= 15 is 0 Å². The van der Waals surface area contributed by atoms with Crippen LogP contribution in [-0.4, -0.2) is 33.9 Å². The van der Waals surface area contributed by atoms with E-state index in [1.165, 1.54) is 0 Å². The number of nitrogens with two attached hydrogens (primary N) is 1. The van der Waals surface area contributed by atoms with Crippen molar-refractivity contribution in [3.63, 3.8) is 0 Å². The number of phenolic OH excluding ortho intramolecular Hbond substituents is 2. The minimum Gasteiger partial charge on any atom is -0.508 e. The lowest BCUT2D eigenvalue weighted by molar-refractivity contribution is -0.117. The molecule has 31 heavy (non-hydrogen) atoms. The van der Waals surface area contributed by atoms with Gasteiger partial charge in [0.05, 0.1) is 11.7 Å². The highest BCUT2D eigenvalue weighted by Gasteiger charge is 2.18. The molecule has 0 aromatic heterocycles. The molecule has 0 bridgehead atoms. The first-order chi connectivity index (χ1) is 14.4. The SMILES string of the molecule is C=CCc1cc(NC(=O)[C@@H](N)CCCCO)c(O)c(-c2ccc(O)c(CC=C)c2)c1.Cl. The Kier molecular flexibility index (Phi) is 10.8. The van der Waals surface area contributed by atoms with E-state index in [1.807, 2.05) is 6.07 Å². The van der Waals surface area contributed by atoms with Crippen LogP contribution in [0.25, 0.3) is 11.1 Å². The summed E-state index contributed by atoms with van der Waals surface area (Å²) >= 11 is 0. The minimum absolute atomic E-state index is 0. The fourth-order valence-electron chi connectivity index (χ4n) is 3.20. The lowest BCUT2D eigenvalue weighted by atomic mass is 9.96. The number of nitrogens with one attached hydrogen (secondary N) is 1. The van der Waals surface area contributed by atoms with Crippen molar-refractivity contribution in [2.75, 3.05) is 11.9 Å². The van der Waals surface area contributed by atoms with Gasteiger partial charge in [-0.2, -0.15) is 0 Å². The van der Waals surface area contributed by atoms with E-state index in [0.29, 0.717) is 48.8 Å². The van der Waals surface area contributed by atoms with E-state index < -0.39 is 11.9 Å². The Morgan fingerprint density at radius 2 is 1.81 bits per heavy atom. The number of aromatic hydroxyl groups is 2. The molecular weight excluding hydrogens is 416 g/mol. The summed E-state index contributed by atoms with van der Waals surface area (Å²) in [7, 11) is 0. The van der Waals surface area contributed by atoms with Crippen molar-refractivity contribution < 1.29 is 20.1 Å². The second kappa shape index (κ2) is 12.8. The summed E-state index contributed by atoms with van der Waals surface area (Å²) in [5.74, 6) is -0.320. The number of aliphatic hydroxyl groups is 1. The first kappa shape index (κ1) is 26.2. The van der Waals surface area contributed by atoms with Crippen LogP contribution in [-0.2, 0) is 17.6 Å². The van der Waals surface area contributed by atoms with Gasteiger partial charge in [-0.3, -0.25) is 4.79 Å². The quantitative estimate of drug-likeness (QED) is 0.203. The molecule has 6 N–H and O–H groups in total. The van der Waals surface area contributed by atoms with Crippen molar-refractivity contribution in [2.45, 2.75) is 38.1 Å². The van der Waals surface area contributed by atoms with Crippen LogP contribution in [0.2, 0.25) is 0 Å². The minimum atomic E-state index is -0.740. The van der Waals surface area contributed by atoms with Crippen molar-refractivity contribution in [1.82, 2.24) is 0 Å².